The Morgan fingerprint density at radius 2 is 2.21 bits per heavy atom. The number of benzene rings is 1. The minimum atomic E-state index is -0.961. The zero-order valence-corrected chi connectivity index (χ0v) is 20.6. The van der Waals surface area contributed by atoms with E-state index in [1.54, 1.807) is 32.9 Å². The SMILES string of the molecule is Cc1csc(-c2ccc(C[C@@H](C#N)NC(=O)C3CN(C(=O)OC(C)(C)C)CCCO3)c(F)c2)n1. The van der Waals surface area contributed by atoms with Gasteiger partial charge < -0.3 is 19.7 Å². The highest BCUT2D eigenvalue weighted by atomic mass is 32.1. The predicted molar refractivity (Wildman–Crippen MR) is 126 cm³/mol. The van der Waals surface area contributed by atoms with Gasteiger partial charge in [-0.05, 0) is 45.7 Å². The summed E-state index contributed by atoms with van der Waals surface area (Å²) in [6.45, 7) is 7.88. The van der Waals surface area contributed by atoms with Gasteiger partial charge in [0.1, 0.15) is 22.5 Å². The van der Waals surface area contributed by atoms with Crippen LogP contribution in [-0.2, 0) is 20.7 Å². The van der Waals surface area contributed by atoms with Gasteiger partial charge in [-0.2, -0.15) is 5.26 Å². The Balaban J connectivity index is 1.63. The molecule has 2 heterocycles. The fourth-order valence-electron chi connectivity index (χ4n) is 3.42. The minimum Gasteiger partial charge on any atom is -0.444 e. The van der Waals surface area contributed by atoms with Gasteiger partial charge in [0.15, 0.2) is 6.10 Å². The maximum absolute atomic E-state index is 14.7. The summed E-state index contributed by atoms with van der Waals surface area (Å²) in [6, 6.07) is 5.78. The van der Waals surface area contributed by atoms with Gasteiger partial charge in [0.05, 0.1) is 12.6 Å². The van der Waals surface area contributed by atoms with Crippen LogP contribution in [0.5, 0.6) is 0 Å². The van der Waals surface area contributed by atoms with Gasteiger partial charge in [0.25, 0.3) is 5.91 Å². The topological polar surface area (TPSA) is 105 Å². The molecule has 182 valence electrons. The van der Waals surface area contributed by atoms with E-state index in [0.29, 0.717) is 35.7 Å². The third-order valence-corrected chi connectivity index (χ3v) is 6.05. The number of halogens is 1. The summed E-state index contributed by atoms with van der Waals surface area (Å²) in [5.74, 6) is -1.00. The predicted octanol–water partition coefficient (Wildman–Crippen LogP) is 3.83. The lowest BCUT2D eigenvalue weighted by Gasteiger charge is -2.27. The second-order valence-electron chi connectivity index (χ2n) is 9.13. The van der Waals surface area contributed by atoms with Gasteiger partial charge in [0, 0.05) is 36.2 Å². The average molecular weight is 489 g/mol. The van der Waals surface area contributed by atoms with Crippen LogP contribution in [0.2, 0.25) is 0 Å². The molecular formula is C24H29FN4O4S. The number of nitrogens with zero attached hydrogens (tertiary/aromatic N) is 3. The van der Waals surface area contributed by atoms with Crippen LogP contribution in [0.4, 0.5) is 9.18 Å². The molecule has 0 aliphatic carbocycles. The molecular weight excluding hydrogens is 459 g/mol. The van der Waals surface area contributed by atoms with E-state index in [2.05, 4.69) is 10.3 Å². The molecule has 2 atom stereocenters. The number of nitrogens with one attached hydrogen (secondary N) is 1. The van der Waals surface area contributed by atoms with Crippen molar-refractivity contribution in [2.24, 2.45) is 0 Å². The number of ether oxygens (including phenoxy) is 2. The van der Waals surface area contributed by atoms with E-state index >= 15 is 0 Å². The molecule has 0 saturated carbocycles. The molecule has 1 fully saturated rings. The molecule has 10 heteroatoms. The Labute approximate surface area is 202 Å². The molecule has 34 heavy (non-hydrogen) atoms. The van der Waals surface area contributed by atoms with Crippen molar-refractivity contribution < 1.29 is 23.5 Å². The van der Waals surface area contributed by atoms with Gasteiger partial charge in [-0.15, -0.1) is 11.3 Å². The monoisotopic (exact) mass is 488 g/mol. The van der Waals surface area contributed by atoms with Crippen molar-refractivity contribution in [3.63, 3.8) is 0 Å². The molecule has 2 amide bonds. The number of carbonyl (C=O) groups excluding carboxylic acids is 2. The van der Waals surface area contributed by atoms with Crippen molar-refractivity contribution in [3.05, 3.63) is 40.7 Å². The normalized spacial score (nSPS) is 17.4. The van der Waals surface area contributed by atoms with E-state index in [4.69, 9.17) is 9.47 Å². The van der Waals surface area contributed by atoms with Crippen LogP contribution in [0.3, 0.4) is 0 Å². The molecule has 8 nitrogen and oxygen atoms in total. The lowest BCUT2D eigenvalue weighted by molar-refractivity contribution is -0.133. The third-order valence-electron chi connectivity index (χ3n) is 5.04. The molecule has 2 aromatic rings. The Kier molecular flexibility index (Phi) is 8.23. The van der Waals surface area contributed by atoms with Gasteiger partial charge in [0.2, 0.25) is 0 Å². The van der Waals surface area contributed by atoms with Crippen LogP contribution >= 0.6 is 11.3 Å². The van der Waals surface area contributed by atoms with E-state index in [1.165, 1.54) is 22.3 Å². The number of hydrogen-bond acceptors (Lipinski definition) is 7. The summed E-state index contributed by atoms with van der Waals surface area (Å²) < 4.78 is 25.7. The zero-order valence-electron chi connectivity index (χ0n) is 19.8. The van der Waals surface area contributed by atoms with Crippen LogP contribution in [0, 0.1) is 24.1 Å². The van der Waals surface area contributed by atoms with E-state index in [1.807, 2.05) is 18.4 Å². The number of thiazole rings is 1. The number of rotatable bonds is 5. The van der Waals surface area contributed by atoms with Gasteiger partial charge >= 0.3 is 6.09 Å². The number of carbonyl (C=O) groups is 2. The van der Waals surface area contributed by atoms with Crippen molar-refractivity contribution in [2.45, 2.75) is 58.3 Å². The molecule has 0 spiro atoms. The van der Waals surface area contributed by atoms with Crippen LogP contribution in [-0.4, -0.2) is 59.3 Å². The first kappa shape index (κ1) is 25.6. The number of nitriles is 1. The molecule has 0 bridgehead atoms. The number of aryl methyl sites for hydroxylation is 1. The van der Waals surface area contributed by atoms with Gasteiger partial charge in [-0.25, -0.2) is 14.2 Å². The van der Waals surface area contributed by atoms with E-state index in [0.717, 1.165) is 5.69 Å². The fourth-order valence-corrected chi connectivity index (χ4v) is 4.22. The van der Waals surface area contributed by atoms with Crippen LogP contribution in [0.25, 0.3) is 10.6 Å². The molecule has 0 radical (unpaired) electrons. The smallest absolute Gasteiger partial charge is 0.410 e. The molecule has 1 aliphatic rings. The molecule has 1 aromatic carbocycles. The van der Waals surface area contributed by atoms with E-state index in [9.17, 15) is 19.2 Å². The van der Waals surface area contributed by atoms with Crippen LogP contribution in [0.1, 0.15) is 38.4 Å². The van der Waals surface area contributed by atoms with E-state index < -0.39 is 35.6 Å². The summed E-state index contributed by atoms with van der Waals surface area (Å²) in [5.41, 5.74) is 1.17. The zero-order chi connectivity index (χ0) is 24.9. The molecule has 1 aromatic heterocycles. The summed E-state index contributed by atoms with van der Waals surface area (Å²) >= 11 is 1.43. The first-order valence-electron chi connectivity index (χ1n) is 11.1. The van der Waals surface area contributed by atoms with Crippen LogP contribution in [0.15, 0.2) is 23.6 Å². The Morgan fingerprint density at radius 1 is 1.44 bits per heavy atom. The summed E-state index contributed by atoms with van der Waals surface area (Å²) in [4.78, 5) is 31.1. The van der Waals surface area contributed by atoms with Gasteiger partial charge in [-0.3, -0.25) is 4.79 Å². The number of aromatic nitrogens is 1. The standard InChI is InChI=1S/C24H29FN4O4S/c1-15-14-34-22(27-15)17-7-6-16(19(25)11-17)10-18(12-26)28-21(30)20-13-29(8-5-9-32-20)23(31)33-24(2,3)4/h6-7,11,14,18,20H,5,8-10,13H2,1-4H3,(H,28,30)/t18-,20?/m0/s1. The highest BCUT2D eigenvalue weighted by Crippen LogP contribution is 2.26. The quantitative estimate of drug-likeness (QED) is 0.686. The fraction of sp³-hybridized carbons (Fsp3) is 0.500. The van der Waals surface area contributed by atoms with Crippen LogP contribution < -0.4 is 5.32 Å². The lowest BCUT2D eigenvalue weighted by Crippen LogP contribution is -2.48. The third kappa shape index (κ3) is 6.98. The lowest BCUT2D eigenvalue weighted by atomic mass is 10.0. The number of amides is 2. The minimum absolute atomic E-state index is 0.00620. The highest BCUT2D eigenvalue weighted by molar-refractivity contribution is 7.13. The Morgan fingerprint density at radius 3 is 2.82 bits per heavy atom. The maximum atomic E-state index is 14.7. The number of hydrogen-bond donors (Lipinski definition) is 1. The van der Waals surface area contributed by atoms with Crippen molar-refractivity contribution in [1.29, 1.82) is 5.26 Å². The Hall–Kier alpha value is -3.03. The Bertz CT molecular complexity index is 1080. The summed E-state index contributed by atoms with van der Waals surface area (Å²) in [6.07, 6.45) is -0.925. The largest absolute Gasteiger partial charge is 0.444 e. The first-order chi connectivity index (χ1) is 16.1. The molecule has 1 saturated heterocycles. The summed E-state index contributed by atoms with van der Waals surface area (Å²) in [5, 5.41) is 14.8. The second-order valence-corrected chi connectivity index (χ2v) is 9.99. The van der Waals surface area contributed by atoms with Gasteiger partial charge in [-0.1, -0.05) is 12.1 Å². The maximum Gasteiger partial charge on any atom is 0.410 e. The van der Waals surface area contributed by atoms with Crippen molar-refractivity contribution in [3.8, 4) is 16.6 Å². The van der Waals surface area contributed by atoms with Crippen molar-refractivity contribution in [2.75, 3.05) is 19.7 Å². The molecule has 3 rings (SSSR count). The summed E-state index contributed by atoms with van der Waals surface area (Å²) in [7, 11) is 0. The molecule has 1 unspecified atom stereocenters. The highest BCUT2D eigenvalue weighted by Gasteiger charge is 2.31. The second kappa shape index (κ2) is 10.9. The van der Waals surface area contributed by atoms with Crippen molar-refractivity contribution in [1.82, 2.24) is 15.2 Å². The molecule has 1 aliphatic heterocycles. The van der Waals surface area contributed by atoms with Crippen molar-refractivity contribution >= 4 is 23.3 Å². The molecule has 1 N–H and O–H groups in total. The van der Waals surface area contributed by atoms with E-state index in [-0.39, 0.29) is 13.0 Å². The first-order valence-corrected chi connectivity index (χ1v) is 11.9. The average Bonchev–Trinajstić information content (AvgIpc) is 3.04.